The van der Waals surface area contributed by atoms with Gasteiger partial charge in [-0.2, -0.15) is 0 Å². The van der Waals surface area contributed by atoms with E-state index in [-0.39, 0.29) is 11.2 Å². The van der Waals surface area contributed by atoms with Gasteiger partial charge in [-0.25, -0.2) is 13.4 Å². The number of rotatable bonds is 4. The summed E-state index contributed by atoms with van der Waals surface area (Å²) in [5.74, 6) is 1.70. The molecular weight excluding hydrogens is 372 g/mol. The van der Waals surface area contributed by atoms with Crippen molar-refractivity contribution >= 4 is 20.9 Å². The molecule has 1 saturated heterocycles. The van der Waals surface area contributed by atoms with Crippen LogP contribution in [0.4, 0.5) is 0 Å². The van der Waals surface area contributed by atoms with E-state index in [1.165, 1.54) is 0 Å². The number of sulfone groups is 1. The van der Waals surface area contributed by atoms with Crippen molar-refractivity contribution in [1.82, 2.24) is 9.55 Å². The zero-order valence-electron chi connectivity index (χ0n) is 18.1. The first kappa shape index (κ1) is 21.3. The van der Waals surface area contributed by atoms with Crippen molar-refractivity contribution in [3.05, 3.63) is 29.6 Å². The molecule has 1 fully saturated rings. The molecule has 1 aromatic carbocycles. The quantitative estimate of drug-likeness (QED) is 0.751. The molecule has 1 aliphatic rings. The van der Waals surface area contributed by atoms with Gasteiger partial charge in [0.2, 0.25) is 0 Å². The van der Waals surface area contributed by atoms with E-state index < -0.39 is 14.6 Å². The molecule has 0 N–H and O–H groups in total. The van der Waals surface area contributed by atoms with E-state index in [2.05, 4.69) is 25.3 Å². The van der Waals surface area contributed by atoms with Gasteiger partial charge in [-0.1, -0.05) is 26.8 Å². The second-order valence-corrected chi connectivity index (χ2v) is 12.8. The zero-order valence-corrected chi connectivity index (χ0v) is 18.9. The van der Waals surface area contributed by atoms with Gasteiger partial charge < -0.3 is 9.30 Å². The first-order valence-corrected chi connectivity index (χ1v) is 11.8. The highest BCUT2D eigenvalue weighted by Gasteiger charge is 2.30. The summed E-state index contributed by atoms with van der Waals surface area (Å²) < 4.78 is 32.3. The third kappa shape index (κ3) is 4.43. The van der Waals surface area contributed by atoms with Gasteiger partial charge in [0.25, 0.3) is 0 Å². The van der Waals surface area contributed by atoms with E-state index >= 15 is 0 Å². The molecule has 1 aliphatic heterocycles. The number of nitrogens with zero attached hydrogens (tertiary/aromatic N) is 2. The number of benzene rings is 1. The summed E-state index contributed by atoms with van der Waals surface area (Å²) in [6.07, 6.45) is 2.15. The Kier molecular flexibility index (Phi) is 5.67. The number of imidazole rings is 1. The van der Waals surface area contributed by atoms with E-state index in [1.54, 1.807) is 20.8 Å². The van der Waals surface area contributed by atoms with E-state index in [0.717, 1.165) is 55.0 Å². The van der Waals surface area contributed by atoms with Gasteiger partial charge in [0, 0.05) is 25.2 Å². The average molecular weight is 407 g/mol. The number of hydrogen-bond donors (Lipinski definition) is 0. The Morgan fingerprint density at radius 3 is 2.32 bits per heavy atom. The highest BCUT2D eigenvalue weighted by atomic mass is 32.2. The molecule has 0 amide bonds. The SMILES string of the molecule is CC(C)(C)c1nc2cc(CS(=O)(=O)C(C)(C)C)ccc2n1CC1CCOCC1. The number of ether oxygens (including phenoxy) is 1. The molecule has 5 nitrogen and oxygen atoms in total. The minimum absolute atomic E-state index is 0.0457. The van der Waals surface area contributed by atoms with Gasteiger partial charge in [0.1, 0.15) is 5.82 Å². The number of aromatic nitrogens is 2. The van der Waals surface area contributed by atoms with Gasteiger partial charge >= 0.3 is 0 Å². The molecule has 28 heavy (non-hydrogen) atoms. The van der Waals surface area contributed by atoms with Crippen LogP contribution >= 0.6 is 0 Å². The first-order valence-electron chi connectivity index (χ1n) is 10.2. The molecule has 2 aromatic rings. The van der Waals surface area contributed by atoms with Crippen molar-refractivity contribution in [3.8, 4) is 0 Å². The first-order chi connectivity index (χ1) is 12.9. The highest BCUT2D eigenvalue weighted by Crippen LogP contribution is 2.30. The van der Waals surface area contributed by atoms with Crippen molar-refractivity contribution in [3.63, 3.8) is 0 Å². The molecule has 6 heteroatoms. The molecule has 0 saturated carbocycles. The van der Waals surface area contributed by atoms with Crippen LogP contribution in [0.3, 0.4) is 0 Å². The Labute approximate surface area is 169 Å². The fourth-order valence-electron chi connectivity index (χ4n) is 3.65. The Hall–Kier alpha value is -1.40. The predicted molar refractivity (Wildman–Crippen MR) is 114 cm³/mol. The Morgan fingerprint density at radius 1 is 1.11 bits per heavy atom. The van der Waals surface area contributed by atoms with Crippen molar-refractivity contribution in [2.24, 2.45) is 5.92 Å². The maximum Gasteiger partial charge on any atom is 0.159 e. The smallest absolute Gasteiger partial charge is 0.159 e. The maximum absolute atomic E-state index is 12.6. The van der Waals surface area contributed by atoms with Crippen LogP contribution in [0.25, 0.3) is 11.0 Å². The molecule has 0 aliphatic carbocycles. The molecule has 0 spiro atoms. The number of fused-ring (bicyclic) bond motifs is 1. The molecule has 1 aromatic heterocycles. The molecule has 0 bridgehead atoms. The summed E-state index contributed by atoms with van der Waals surface area (Å²) in [6, 6.07) is 5.94. The summed E-state index contributed by atoms with van der Waals surface area (Å²) in [5.41, 5.74) is 2.70. The zero-order chi connectivity index (χ0) is 20.7. The van der Waals surface area contributed by atoms with Gasteiger partial charge in [0.05, 0.1) is 21.5 Å². The molecule has 3 rings (SSSR count). The van der Waals surface area contributed by atoms with Crippen molar-refractivity contribution in [2.75, 3.05) is 13.2 Å². The topological polar surface area (TPSA) is 61.2 Å². The summed E-state index contributed by atoms with van der Waals surface area (Å²) >= 11 is 0. The van der Waals surface area contributed by atoms with E-state index in [1.807, 2.05) is 18.2 Å². The average Bonchev–Trinajstić information content (AvgIpc) is 2.92. The van der Waals surface area contributed by atoms with Crippen molar-refractivity contribution in [1.29, 1.82) is 0 Å². The molecule has 2 heterocycles. The van der Waals surface area contributed by atoms with Crippen LogP contribution in [0.5, 0.6) is 0 Å². The molecular formula is C22H34N2O3S. The second kappa shape index (κ2) is 7.45. The van der Waals surface area contributed by atoms with Gasteiger partial charge in [0.15, 0.2) is 9.84 Å². The van der Waals surface area contributed by atoms with Gasteiger partial charge in [-0.05, 0) is 57.2 Å². The third-order valence-corrected chi connectivity index (χ3v) is 8.13. The van der Waals surface area contributed by atoms with Gasteiger partial charge in [-0.3, -0.25) is 0 Å². The Bertz CT molecular complexity index is 941. The van der Waals surface area contributed by atoms with Gasteiger partial charge in [-0.15, -0.1) is 0 Å². The van der Waals surface area contributed by atoms with E-state index in [4.69, 9.17) is 9.72 Å². The molecule has 0 atom stereocenters. The summed E-state index contributed by atoms with van der Waals surface area (Å²) in [6.45, 7) is 14.4. The Morgan fingerprint density at radius 2 is 1.75 bits per heavy atom. The minimum Gasteiger partial charge on any atom is -0.381 e. The van der Waals surface area contributed by atoms with Crippen LogP contribution in [0.2, 0.25) is 0 Å². The van der Waals surface area contributed by atoms with Crippen LogP contribution in [-0.2, 0) is 32.3 Å². The standard InChI is InChI=1S/C22H34N2O3S/c1-21(2,3)20-23-18-13-17(15-28(25,26)22(4,5)6)7-8-19(18)24(20)14-16-9-11-27-12-10-16/h7-8,13,16H,9-12,14-15H2,1-6H3. The second-order valence-electron chi connectivity index (χ2n) is 10.0. The summed E-state index contributed by atoms with van der Waals surface area (Å²) in [4.78, 5) is 4.94. The third-order valence-electron chi connectivity index (χ3n) is 5.55. The Balaban J connectivity index is 2.00. The lowest BCUT2D eigenvalue weighted by Crippen LogP contribution is -2.29. The fourth-order valence-corrected chi connectivity index (χ4v) is 4.70. The normalized spacial score (nSPS) is 17.4. The summed E-state index contributed by atoms with van der Waals surface area (Å²) in [5, 5.41) is 0. The minimum atomic E-state index is -3.22. The monoisotopic (exact) mass is 406 g/mol. The van der Waals surface area contributed by atoms with Crippen molar-refractivity contribution in [2.45, 2.75) is 76.8 Å². The van der Waals surface area contributed by atoms with E-state index in [0.29, 0.717) is 5.92 Å². The van der Waals surface area contributed by atoms with Crippen LogP contribution < -0.4 is 0 Å². The van der Waals surface area contributed by atoms with Crippen LogP contribution in [0.15, 0.2) is 18.2 Å². The predicted octanol–water partition coefficient (Wildman–Crippen LogP) is 4.47. The molecule has 156 valence electrons. The largest absolute Gasteiger partial charge is 0.381 e. The molecule has 0 radical (unpaired) electrons. The summed E-state index contributed by atoms with van der Waals surface area (Å²) in [7, 11) is -3.22. The lowest BCUT2D eigenvalue weighted by atomic mass is 9.94. The van der Waals surface area contributed by atoms with E-state index in [9.17, 15) is 8.42 Å². The highest BCUT2D eigenvalue weighted by molar-refractivity contribution is 7.91. The van der Waals surface area contributed by atoms with Crippen molar-refractivity contribution < 1.29 is 13.2 Å². The maximum atomic E-state index is 12.6. The fraction of sp³-hybridized carbons (Fsp3) is 0.682. The van der Waals surface area contributed by atoms with Crippen LogP contribution in [0, 0.1) is 5.92 Å². The lowest BCUT2D eigenvalue weighted by Gasteiger charge is -2.26. The number of hydrogen-bond acceptors (Lipinski definition) is 4. The van der Waals surface area contributed by atoms with Crippen LogP contribution in [-0.4, -0.2) is 35.9 Å². The molecule has 0 unspecified atom stereocenters. The lowest BCUT2D eigenvalue weighted by molar-refractivity contribution is 0.0611. The van der Waals surface area contributed by atoms with Crippen LogP contribution in [0.1, 0.15) is 65.8 Å².